The third kappa shape index (κ3) is 2.33. The summed E-state index contributed by atoms with van der Waals surface area (Å²) in [7, 11) is 0. The highest BCUT2D eigenvalue weighted by Gasteiger charge is 2.46. The highest BCUT2D eigenvalue weighted by Crippen LogP contribution is 2.43. The summed E-state index contributed by atoms with van der Waals surface area (Å²) >= 11 is 1.74. The number of amides is 1. The summed E-state index contributed by atoms with van der Waals surface area (Å²) in [6.45, 7) is 0. The maximum absolute atomic E-state index is 13.1. The molecule has 2 bridgehead atoms. The third-order valence-electron chi connectivity index (χ3n) is 5.56. The van der Waals surface area contributed by atoms with Crippen LogP contribution >= 0.6 is 11.3 Å². The zero-order chi connectivity index (χ0) is 14.3. The number of hydrogen-bond donors (Lipinski definition) is 1. The van der Waals surface area contributed by atoms with Gasteiger partial charge in [-0.1, -0.05) is 25.3 Å². The number of hydrogen-bond acceptors (Lipinski definition) is 3. The second-order valence-corrected chi connectivity index (χ2v) is 7.76. The van der Waals surface area contributed by atoms with Crippen LogP contribution < -0.4 is 5.32 Å². The lowest BCUT2D eigenvalue weighted by Gasteiger charge is -2.36. The van der Waals surface area contributed by atoms with Gasteiger partial charge in [0, 0.05) is 4.88 Å². The van der Waals surface area contributed by atoms with Crippen LogP contribution in [0.4, 0.5) is 0 Å². The summed E-state index contributed by atoms with van der Waals surface area (Å²) in [6.07, 6.45) is 9.55. The lowest BCUT2D eigenvalue weighted by Crippen LogP contribution is -2.51. The molecule has 1 aromatic rings. The fraction of sp³-hybridized carbons (Fsp3) is 0.706. The van der Waals surface area contributed by atoms with Crippen molar-refractivity contribution < 1.29 is 9.53 Å². The van der Waals surface area contributed by atoms with E-state index >= 15 is 0 Å². The van der Waals surface area contributed by atoms with Crippen molar-refractivity contribution in [2.45, 2.75) is 75.0 Å². The molecule has 21 heavy (non-hydrogen) atoms. The molecule has 1 saturated carbocycles. The Hall–Kier alpha value is -0.870. The first-order valence-electron chi connectivity index (χ1n) is 8.28. The molecular weight excluding hydrogens is 282 g/mol. The van der Waals surface area contributed by atoms with Gasteiger partial charge < -0.3 is 10.1 Å². The van der Waals surface area contributed by atoms with Gasteiger partial charge in [0.25, 0.3) is 0 Å². The standard InChI is InChI=1S/C17H23NO2S/c19-16(18-13-11-12-6-7-14(13)20-12)17(8-2-1-3-9-17)15-5-4-10-21-15/h4-5,10,12-14H,1-3,6-9,11H2,(H,18,19)/t12-,13+,14-/m1/s1. The van der Waals surface area contributed by atoms with Gasteiger partial charge in [-0.3, -0.25) is 4.79 Å². The molecule has 1 aliphatic carbocycles. The monoisotopic (exact) mass is 305 g/mol. The van der Waals surface area contributed by atoms with E-state index in [1.165, 1.54) is 30.6 Å². The molecule has 4 heteroatoms. The Balaban J connectivity index is 1.54. The molecule has 0 unspecified atom stereocenters. The van der Waals surface area contributed by atoms with Gasteiger partial charge in [-0.15, -0.1) is 11.3 Å². The van der Waals surface area contributed by atoms with E-state index in [1.54, 1.807) is 11.3 Å². The molecule has 2 aliphatic heterocycles. The molecule has 3 atom stereocenters. The second kappa shape index (κ2) is 5.40. The number of fused-ring (bicyclic) bond motifs is 2. The van der Waals surface area contributed by atoms with Crippen molar-refractivity contribution in [2.24, 2.45) is 0 Å². The van der Waals surface area contributed by atoms with Crippen molar-refractivity contribution in [3.05, 3.63) is 22.4 Å². The molecule has 1 N–H and O–H groups in total. The molecular formula is C17H23NO2S. The molecule has 0 spiro atoms. The molecule has 2 saturated heterocycles. The van der Waals surface area contributed by atoms with E-state index in [4.69, 9.17) is 4.74 Å². The van der Waals surface area contributed by atoms with Gasteiger partial charge in [0.05, 0.1) is 23.7 Å². The number of carbonyl (C=O) groups excluding carboxylic acids is 1. The van der Waals surface area contributed by atoms with Crippen molar-refractivity contribution in [3.8, 4) is 0 Å². The van der Waals surface area contributed by atoms with Crippen LogP contribution in [0.2, 0.25) is 0 Å². The van der Waals surface area contributed by atoms with Gasteiger partial charge in [0.15, 0.2) is 0 Å². The number of nitrogens with one attached hydrogen (secondary N) is 1. The van der Waals surface area contributed by atoms with Crippen molar-refractivity contribution in [1.82, 2.24) is 5.32 Å². The van der Waals surface area contributed by atoms with E-state index in [9.17, 15) is 4.79 Å². The second-order valence-electron chi connectivity index (χ2n) is 6.81. The van der Waals surface area contributed by atoms with Crippen molar-refractivity contribution in [2.75, 3.05) is 0 Å². The largest absolute Gasteiger partial charge is 0.373 e. The van der Waals surface area contributed by atoms with E-state index < -0.39 is 0 Å². The van der Waals surface area contributed by atoms with Gasteiger partial charge in [0.1, 0.15) is 0 Å². The van der Waals surface area contributed by atoms with Gasteiger partial charge in [-0.05, 0) is 43.6 Å². The summed E-state index contributed by atoms with van der Waals surface area (Å²) in [5.74, 6) is 0.255. The summed E-state index contributed by atoms with van der Waals surface area (Å²) in [4.78, 5) is 14.3. The minimum Gasteiger partial charge on any atom is -0.373 e. The van der Waals surface area contributed by atoms with E-state index in [-0.39, 0.29) is 23.5 Å². The highest BCUT2D eigenvalue weighted by atomic mass is 32.1. The molecule has 3 fully saturated rings. The van der Waals surface area contributed by atoms with Crippen LogP contribution in [0.3, 0.4) is 0 Å². The predicted octanol–water partition coefficient (Wildman–Crippen LogP) is 3.39. The minimum absolute atomic E-state index is 0.245. The molecule has 0 aromatic carbocycles. The molecule has 0 radical (unpaired) electrons. The Bertz CT molecular complexity index is 507. The van der Waals surface area contributed by atoms with Gasteiger partial charge in [-0.2, -0.15) is 0 Å². The number of thiophene rings is 1. The van der Waals surface area contributed by atoms with Gasteiger partial charge >= 0.3 is 0 Å². The summed E-state index contributed by atoms with van der Waals surface area (Å²) in [5, 5.41) is 5.45. The van der Waals surface area contributed by atoms with Crippen LogP contribution in [0.1, 0.15) is 56.2 Å². The Morgan fingerprint density at radius 2 is 2.14 bits per heavy atom. The molecule has 4 rings (SSSR count). The van der Waals surface area contributed by atoms with E-state index in [0.29, 0.717) is 6.10 Å². The normalized spacial score (nSPS) is 34.0. The van der Waals surface area contributed by atoms with E-state index in [0.717, 1.165) is 25.7 Å². The Morgan fingerprint density at radius 1 is 1.29 bits per heavy atom. The van der Waals surface area contributed by atoms with Crippen molar-refractivity contribution in [1.29, 1.82) is 0 Å². The van der Waals surface area contributed by atoms with Crippen molar-refractivity contribution in [3.63, 3.8) is 0 Å². The topological polar surface area (TPSA) is 38.3 Å². The lowest BCUT2D eigenvalue weighted by molar-refractivity contribution is -0.129. The molecule has 114 valence electrons. The van der Waals surface area contributed by atoms with Crippen LogP contribution in [0.15, 0.2) is 17.5 Å². The molecule has 1 amide bonds. The van der Waals surface area contributed by atoms with E-state index in [1.807, 2.05) is 0 Å². The highest BCUT2D eigenvalue weighted by molar-refractivity contribution is 7.10. The van der Waals surface area contributed by atoms with Crippen LogP contribution in [0.5, 0.6) is 0 Å². The molecule has 1 aromatic heterocycles. The number of rotatable bonds is 3. The van der Waals surface area contributed by atoms with Crippen molar-refractivity contribution >= 4 is 17.2 Å². The van der Waals surface area contributed by atoms with Gasteiger partial charge in [-0.25, -0.2) is 0 Å². The quantitative estimate of drug-likeness (QED) is 0.929. The van der Waals surface area contributed by atoms with Crippen LogP contribution in [-0.4, -0.2) is 24.2 Å². The average Bonchev–Trinajstić information content (AvgIpc) is 3.25. The fourth-order valence-corrected chi connectivity index (χ4v) is 5.37. The Morgan fingerprint density at radius 3 is 2.76 bits per heavy atom. The van der Waals surface area contributed by atoms with Gasteiger partial charge in [0.2, 0.25) is 5.91 Å². The fourth-order valence-electron chi connectivity index (χ4n) is 4.39. The lowest BCUT2D eigenvalue weighted by atomic mass is 9.72. The molecule has 3 heterocycles. The summed E-state index contributed by atoms with van der Waals surface area (Å²) in [6, 6.07) is 4.46. The summed E-state index contributed by atoms with van der Waals surface area (Å²) < 4.78 is 5.88. The zero-order valence-electron chi connectivity index (χ0n) is 12.3. The van der Waals surface area contributed by atoms with E-state index in [2.05, 4.69) is 22.8 Å². The average molecular weight is 305 g/mol. The molecule has 3 aliphatic rings. The maximum atomic E-state index is 13.1. The number of ether oxygens (including phenoxy) is 1. The maximum Gasteiger partial charge on any atom is 0.231 e. The molecule has 3 nitrogen and oxygen atoms in total. The SMILES string of the molecule is O=C(N[C@H]1C[C@H]2CC[C@H]1O2)C1(c2cccs2)CCCCC1. The van der Waals surface area contributed by atoms with Crippen LogP contribution in [0, 0.1) is 0 Å². The first kappa shape index (κ1) is 13.8. The predicted molar refractivity (Wildman–Crippen MR) is 83.5 cm³/mol. The first-order chi connectivity index (χ1) is 10.3. The zero-order valence-corrected chi connectivity index (χ0v) is 13.2. The van der Waals surface area contributed by atoms with Crippen LogP contribution in [0.25, 0.3) is 0 Å². The Labute approximate surface area is 130 Å². The minimum atomic E-state index is -0.270. The first-order valence-corrected chi connectivity index (χ1v) is 9.16. The Kier molecular flexibility index (Phi) is 3.54. The number of carbonyl (C=O) groups is 1. The van der Waals surface area contributed by atoms with Crippen LogP contribution in [-0.2, 0) is 14.9 Å². The smallest absolute Gasteiger partial charge is 0.231 e. The third-order valence-corrected chi connectivity index (χ3v) is 6.63. The summed E-state index contributed by atoms with van der Waals surface area (Å²) in [5.41, 5.74) is -0.270.